The Bertz CT molecular complexity index is 325. The van der Waals surface area contributed by atoms with Crippen molar-refractivity contribution in [1.82, 2.24) is 15.0 Å². The number of carbonyl (C=O) groups excluding carboxylic acids is 1. The zero-order valence-electron chi connectivity index (χ0n) is 7.14. The summed E-state index contributed by atoms with van der Waals surface area (Å²) in [5.41, 5.74) is 0. The van der Waals surface area contributed by atoms with Crippen LogP contribution in [0.1, 0.15) is 6.92 Å². The van der Waals surface area contributed by atoms with Gasteiger partial charge in [0.2, 0.25) is 0 Å². The fraction of sp³-hybridized carbons (Fsp3) is 0.571. The summed E-state index contributed by atoms with van der Waals surface area (Å²) in [4.78, 5) is 10.9. The van der Waals surface area contributed by atoms with Gasteiger partial charge in [-0.3, -0.25) is 4.79 Å². The summed E-state index contributed by atoms with van der Waals surface area (Å²) in [7, 11) is 0. The molecule has 0 aliphatic carbocycles. The highest BCUT2D eigenvalue weighted by Gasteiger charge is 2.21. The van der Waals surface area contributed by atoms with Crippen LogP contribution in [-0.2, 0) is 11.3 Å². The molecule has 1 aliphatic rings. The van der Waals surface area contributed by atoms with E-state index in [1.54, 1.807) is 24.9 Å². The van der Waals surface area contributed by atoms with Crippen LogP contribution in [0, 0.1) is 0 Å². The van der Waals surface area contributed by atoms with Crippen LogP contribution in [0.2, 0.25) is 0 Å². The van der Waals surface area contributed by atoms with E-state index < -0.39 is 0 Å². The van der Waals surface area contributed by atoms with Crippen LogP contribution in [0.15, 0.2) is 11.2 Å². The first-order chi connectivity index (χ1) is 6.25. The zero-order chi connectivity index (χ0) is 9.26. The Kier molecular flexibility index (Phi) is 2.59. The fourth-order valence-electron chi connectivity index (χ4n) is 1.22. The average molecular weight is 215 g/mol. The summed E-state index contributed by atoms with van der Waals surface area (Å²) in [6.45, 7) is 2.40. The second-order valence-electron chi connectivity index (χ2n) is 2.80. The first-order valence-electron chi connectivity index (χ1n) is 3.94. The third-order valence-electron chi connectivity index (χ3n) is 1.71. The van der Waals surface area contributed by atoms with Gasteiger partial charge in [0.05, 0.1) is 12.7 Å². The lowest BCUT2D eigenvalue weighted by molar-refractivity contribution is -0.109. The van der Waals surface area contributed by atoms with Crippen LogP contribution in [0.25, 0.3) is 0 Å². The summed E-state index contributed by atoms with van der Waals surface area (Å²) in [5.74, 6) is 0.970. The van der Waals surface area contributed by atoms with Gasteiger partial charge in [0, 0.05) is 17.9 Å². The Labute approximate surface area is 84.5 Å². The molecule has 0 fully saturated rings. The molecule has 1 aromatic heterocycles. The first kappa shape index (κ1) is 9.08. The molecular weight excluding hydrogens is 206 g/mol. The second-order valence-corrected chi connectivity index (χ2v) is 5.31. The summed E-state index contributed by atoms with van der Waals surface area (Å²) in [6, 6.07) is 0. The minimum absolute atomic E-state index is 0.175. The third-order valence-corrected chi connectivity index (χ3v) is 4.08. The molecule has 0 saturated heterocycles. The molecule has 0 amide bonds. The van der Waals surface area contributed by atoms with Crippen molar-refractivity contribution >= 4 is 28.6 Å². The molecule has 0 N–H and O–H groups in total. The standard InChI is InChI=1S/C7H9N3OS2/c1-5(11)13-6-3-10-7(12-4-6)2-8-9-10/h2,6H,3-4H2,1H3/t6-/m0/s1. The topological polar surface area (TPSA) is 47.8 Å². The number of nitrogens with zero attached hydrogens (tertiary/aromatic N) is 3. The number of aromatic nitrogens is 3. The number of fused-ring (bicyclic) bond motifs is 1. The maximum Gasteiger partial charge on any atom is 0.186 e. The molecule has 0 radical (unpaired) electrons. The van der Waals surface area contributed by atoms with E-state index in [4.69, 9.17) is 0 Å². The molecule has 70 valence electrons. The van der Waals surface area contributed by atoms with Gasteiger partial charge in [0.1, 0.15) is 5.03 Å². The second kappa shape index (κ2) is 3.71. The molecule has 2 heterocycles. The predicted octanol–water partition coefficient (Wildman–Crippen LogP) is 1.03. The van der Waals surface area contributed by atoms with E-state index >= 15 is 0 Å². The fourth-order valence-corrected chi connectivity index (χ4v) is 3.22. The molecule has 6 heteroatoms. The summed E-state index contributed by atoms with van der Waals surface area (Å²) in [5, 5.41) is 9.37. The van der Waals surface area contributed by atoms with Gasteiger partial charge in [-0.1, -0.05) is 17.0 Å². The molecule has 4 nitrogen and oxygen atoms in total. The van der Waals surface area contributed by atoms with E-state index in [9.17, 15) is 4.79 Å². The molecule has 0 saturated carbocycles. The molecule has 0 aromatic carbocycles. The number of carbonyl (C=O) groups is 1. The quantitative estimate of drug-likeness (QED) is 0.700. The third kappa shape index (κ3) is 2.05. The molecule has 0 unspecified atom stereocenters. The van der Waals surface area contributed by atoms with Crippen LogP contribution in [0.4, 0.5) is 0 Å². The molecule has 0 bridgehead atoms. The predicted molar refractivity (Wildman–Crippen MR) is 52.8 cm³/mol. The maximum atomic E-state index is 10.9. The molecule has 1 aliphatic heterocycles. The monoisotopic (exact) mass is 215 g/mol. The van der Waals surface area contributed by atoms with Crippen LogP contribution in [0.3, 0.4) is 0 Å². The minimum Gasteiger partial charge on any atom is -0.288 e. The van der Waals surface area contributed by atoms with Gasteiger partial charge >= 0.3 is 0 Å². The summed E-state index contributed by atoms with van der Waals surface area (Å²) < 4.78 is 1.86. The van der Waals surface area contributed by atoms with Crippen LogP contribution in [0.5, 0.6) is 0 Å². The van der Waals surface area contributed by atoms with E-state index in [1.165, 1.54) is 11.8 Å². The van der Waals surface area contributed by atoms with Crippen molar-refractivity contribution in [2.75, 3.05) is 5.75 Å². The van der Waals surface area contributed by atoms with Gasteiger partial charge in [-0.05, 0) is 0 Å². The van der Waals surface area contributed by atoms with Crippen molar-refractivity contribution in [3.8, 4) is 0 Å². The highest BCUT2D eigenvalue weighted by atomic mass is 32.2. The van der Waals surface area contributed by atoms with Gasteiger partial charge in [-0.15, -0.1) is 16.9 Å². The lowest BCUT2D eigenvalue weighted by atomic mass is 10.5. The lowest BCUT2D eigenvalue weighted by Gasteiger charge is -2.20. The van der Waals surface area contributed by atoms with Gasteiger partial charge in [0.25, 0.3) is 0 Å². The molecule has 1 atom stereocenters. The molecule has 0 spiro atoms. The van der Waals surface area contributed by atoms with Crippen molar-refractivity contribution in [1.29, 1.82) is 0 Å². The number of hydrogen-bond donors (Lipinski definition) is 0. The number of thioether (sulfide) groups is 2. The molecule has 1 aromatic rings. The van der Waals surface area contributed by atoms with Crippen LogP contribution in [-0.4, -0.2) is 31.1 Å². The SMILES string of the molecule is CC(=O)S[C@@H]1CSc2cnnn2C1. The van der Waals surface area contributed by atoms with Crippen molar-refractivity contribution in [2.24, 2.45) is 0 Å². The van der Waals surface area contributed by atoms with E-state index in [-0.39, 0.29) is 5.12 Å². The lowest BCUT2D eigenvalue weighted by Crippen LogP contribution is -2.22. The Morgan fingerprint density at radius 3 is 3.46 bits per heavy atom. The van der Waals surface area contributed by atoms with Crippen molar-refractivity contribution in [3.63, 3.8) is 0 Å². The van der Waals surface area contributed by atoms with Crippen molar-refractivity contribution < 1.29 is 4.79 Å². The van der Waals surface area contributed by atoms with Gasteiger partial charge in [0.15, 0.2) is 5.12 Å². The van der Waals surface area contributed by atoms with E-state index in [1.807, 2.05) is 4.68 Å². The van der Waals surface area contributed by atoms with Crippen LogP contribution < -0.4 is 0 Å². The minimum atomic E-state index is 0.175. The normalized spacial score (nSPS) is 21.2. The van der Waals surface area contributed by atoms with Gasteiger partial charge in [-0.25, -0.2) is 4.68 Å². The Hall–Kier alpha value is -0.490. The van der Waals surface area contributed by atoms with E-state index in [0.717, 1.165) is 17.3 Å². The Balaban J connectivity index is 2.04. The highest BCUT2D eigenvalue weighted by Crippen LogP contribution is 2.29. The zero-order valence-corrected chi connectivity index (χ0v) is 8.77. The Morgan fingerprint density at radius 1 is 1.85 bits per heavy atom. The van der Waals surface area contributed by atoms with E-state index in [0.29, 0.717) is 5.25 Å². The van der Waals surface area contributed by atoms with Gasteiger partial charge in [-0.2, -0.15) is 0 Å². The van der Waals surface area contributed by atoms with Crippen molar-refractivity contribution in [3.05, 3.63) is 6.20 Å². The van der Waals surface area contributed by atoms with E-state index in [2.05, 4.69) is 10.3 Å². The number of rotatable bonds is 1. The number of hydrogen-bond acceptors (Lipinski definition) is 5. The van der Waals surface area contributed by atoms with Crippen molar-refractivity contribution in [2.45, 2.75) is 23.7 Å². The largest absolute Gasteiger partial charge is 0.288 e. The summed E-state index contributed by atoms with van der Waals surface area (Å²) in [6.07, 6.45) is 1.76. The first-order valence-corrected chi connectivity index (χ1v) is 5.81. The molecule has 13 heavy (non-hydrogen) atoms. The average Bonchev–Trinajstić information content (AvgIpc) is 2.49. The highest BCUT2D eigenvalue weighted by molar-refractivity contribution is 8.14. The Morgan fingerprint density at radius 2 is 2.69 bits per heavy atom. The smallest absolute Gasteiger partial charge is 0.186 e. The molecular formula is C7H9N3OS2. The maximum absolute atomic E-state index is 10.9. The van der Waals surface area contributed by atoms with Gasteiger partial charge < -0.3 is 0 Å². The summed E-state index contributed by atoms with van der Waals surface area (Å²) >= 11 is 3.10. The van der Waals surface area contributed by atoms with Crippen LogP contribution >= 0.6 is 23.5 Å². The molecule has 2 rings (SSSR count).